The molecular formula is C9H8N2S. The second-order valence-corrected chi connectivity index (χ2v) is 3.05. The minimum Gasteiger partial charge on any atom is -0.362 e. The van der Waals surface area contributed by atoms with Crippen molar-refractivity contribution in [2.75, 3.05) is 0 Å². The predicted octanol–water partition coefficient (Wildman–Crippen LogP) is 2.64. The Bertz CT molecular complexity index is 310. The van der Waals surface area contributed by atoms with Crippen molar-refractivity contribution in [1.82, 2.24) is 9.36 Å². The lowest BCUT2D eigenvalue weighted by molar-refractivity contribution is 1.38. The lowest BCUT2D eigenvalue weighted by Gasteiger charge is -1.82. The zero-order valence-corrected chi connectivity index (χ0v) is 7.21. The summed E-state index contributed by atoms with van der Waals surface area (Å²) in [6.45, 7) is 0. The Hall–Kier alpha value is -1.35. The predicted molar refractivity (Wildman–Crippen MR) is 51.8 cm³/mol. The fourth-order valence-electron chi connectivity index (χ4n) is 0.931. The SMILES string of the molecule is C(=Cc1ccc[nH]1)c1ccsn1. The topological polar surface area (TPSA) is 28.7 Å². The Morgan fingerprint density at radius 2 is 2.33 bits per heavy atom. The summed E-state index contributed by atoms with van der Waals surface area (Å²) in [5, 5.41) is 1.97. The van der Waals surface area contributed by atoms with E-state index in [-0.39, 0.29) is 0 Å². The second-order valence-electron chi connectivity index (χ2n) is 2.38. The fourth-order valence-corrected chi connectivity index (χ4v) is 1.44. The number of aromatic nitrogens is 2. The van der Waals surface area contributed by atoms with Gasteiger partial charge in [-0.25, -0.2) is 0 Å². The molecule has 0 aliphatic carbocycles. The molecule has 0 saturated carbocycles. The van der Waals surface area contributed by atoms with Gasteiger partial charge in [-0.3, -0.25) is 0 Å². The maximum atomic E-state index is 4.16. The summed E-state index contributed by atoms with van der Waals surface area (Å²) >= 11 is 1.47. The molecule has 12 heavy (non-hydrogen) atoms. The first-order valence-electron chi connectivity index (χ1n) is 3.67. The van der Waals surface area contributed by atoms with Crippen molar-refractivity contribution >= 4 is 23.7 Å². The molecule has 0 unspecified atom stereocenters. The highest BCUT2D eigenvalue weighted by Crippen LogP contribution is 2.05. The molecule has 60 valence electrons. The van der Waals surface area contributed by atoms with Crippen molar-refractivity contribution in [3.05, 3.63) is 41.2 Å². The van der Waals surface area contributed by atoms with E-state index < -0.39 is 0 Å². The molecule has 3 heteroatoms. The Morgan fingerprint density at radius 3 is 3.00 bits per heavy atom. The van der Waals surface area contributed by atoms with Crippen LogP contribution in [0.3, 0.4) is 0 Å². The maximum Gasteiger partial charge on any atom is 0.0769 e. The molecular weight excluding hydrogens is 168 g/mol. The lowest BCUT2D eigenvalue weighted by Crippen LogP contribution is -1.68. The van der Waals surface area contributed by atoms with Crippen molar-refractivity contribution in [3.8, 4) is 0 Å². The van der Waals surface area contributed by atoms with Gasteiger partial charge in [0, 0.05) is 17.3 Å². The molecule has 0 spiro atoms. The van der Waals surface area contributed by atoms with Gasteiger partial charge in [0.05, 0.1) is 5.69 Å². The van der Waals surface area contributed by atoms with Gasteiger partial charge in [-0.2, -0.15) is 4.37 Å². The Kier molecular flexibility index (Phi) is 2.05. The van der Waals surface area contributed by atoms with Crippen LogP contribution in [0.4, 0.5) is 0 Å². The molecule has 2 heterocycles. The number of aromatic amines is 1. The van der Waals surface area contributed by atoms with Crippen LogP contribution in [0, 0.1) is 0 Å². The van der Waals surface area contributed by atoms with Crippen LogP contribution >= 0.6 is 11.5 Å². The molecule has 2 aromatic heterocycles. The smallest absolute Gasteiger partial charge is 0.0769 e. The third kappa shape index (κ3) is 1.62. The molecule has 0 saturated heterocycles. The standard InChI is InChI=1S/C9H8N2S/c1-2-8(10-6-1)3-4-9-5-7-12-11-9/h1-7,10H. The number of hydrogen-bond acceptors (Lipinski definition) is 2. The molecule has 0 aliphatic rings. The molecule has 1 N–H and O–H groups in total. The van der Waals surface area contributed by atoms with E-state index >= 15 is 0 Å². The quantitative estimate of drug-likeness (QED) is 0.748. The minimum absolute atomic E-state index is 1.01. The highest BCUT2D eigenvalue weighted by atomic mass is 32.1. The van der Waals surface area contributed by atoms with Crippen LogP contribution in [-0.4, -0.2) is 9.36 Å². The van der Waals surface area contributed by atoms with Gasteiger partial charge in [0.25, 0.3) is 0 Å². The summed E-state index contributed by atoms with van der Waals surface area (Å²) in [7, 11) is 0. The fraction of sp³-hybridized carbons (Fsp3) is 0. The average Bonchev–Trinajstić information content (AvgIpc) is 2.74. The van der Waals surface area contributed by atoms with Crippen LogP contribution in [0.2, 0.25) is 0 Å². The van der Waals surface area contributed by atoms with E-state index in [0.717, 1.165) is 11.4 Å². The van der Waals surface area contributed by atoms with E-state index in [0.29, 0.717) is 0 Å². The first-order chi connectivity index (χ1) is 5.95. The van der Waals surface area contributed by atoms with Crippen molar-refractivity contribution in [2.24, 2.45) is 0 Å². The van der Waals surface area contributed by atoms with Gasteiger partial charge in [-0.15, -0.1) is 0 Å². The molecule has 0 radical (unpaired) electrons. The van der Waals surface area contributed by atoms with Gasteiger partial charge >= 0.3 is 0 Å². The number of H-pyrrole nitrogens is 1. The van der Waals surface area contributed by atoms with Gasteiger partial charge in [-0.1, -0.05) is 0 Å². The van der Waals surface area contributed by atoms with Crippen molar-refractivity contribution < 1.29 is 0 Å². The van der Waals surface area contributed by atoms with Crippen LogP contribution in [0.1, 0.15) is 11.4 Å². The first-order valence-corrected chi connectivity index (χ1v) is 4.51. The summed E-state index contributed by atoms with van der Waals surface area (Å²) in [5.74, 6) is 0. The highest BCUT2D eigenvalue weighted by molar-refractivity contribution is 7.03. The molecule has 2 nitrogen and oxygen atoms in total. The van der Waals surface area contributed by atoms with Crippen LogP contribution in [0.15, 0.2) is 29.8 Å². The zero-order valence-electron chi connectivity index (χ0n) is 6.40. The monoisotopic (exact) mass is 176 g/mol. The van der Waals surface area contributed by atoms with Gasteiger partial charge in [-0.05, 0) is 41.9 Å². The Balaban J connectivity index is 2.14. The summed E-state index contributed by atoms with van der Waals surface area (Å²) in [6, 6.07) is 5.98. The molecule has 0 fully saturated rings. The van der Waals surface area contributed by atoms with Gasteiger partial charge in [0.15, 0.2) is 0 Å². The van der Waals surface area contributed by atoms with Crippen LogP contribution in [0.25, 0.3) is 12.2 Å². The van der Waals surface area contributed by atoms with Gasteiger partial charge in [0.2, 0.25) is 0 Å². The molecule has 2 aromatic rings. The molecule has 0 atom stereocenters. The van der Waals surface area contributed by atoms with E-state index in [1.807, 2.05) is 41.9 Å². The van der Waals surface area contributed by atoms with Crippen LogP contribution in [0.5, 0.6) is 0 Å². The highest BCUT2D eigenvalue weighted by Gasteiger charge is 1.87. The van der Waals surface area contributed by atoms with E-state index in [1.54, 1.807) is 0 Å². The largest absolute Gasteiger partial charge is 0.362 e. The number of nitrogens with zero attached hydrogens (tertiary/aromatic N) is 1. The van der Waals surface area contributed by atoms with Crippen molar-refractivity contribution in [1.29, 1.82) is 0 Å². The zero-order chi connectivity index (χ0) is 8.23. The van der Waals surface area contributed by atoms with Crippen LogP contribution in [-0.2, 0) is 0 Å². The average molecular weight is 176 g/mol. The number of nitrogens with one attached hydrogen (secondary N) is 1. The summed E-state index contributed by atoms with van der Waals surface area (Å²) in [4.78, 5) is 3.09. The molecule has 0 amide bonds. The summed E-state index contributed by atoms with van der Waals surface area (Å²) in [6.07, 6.45) is 5.90. The summed E-state index contributed by atoms with van der Waals surface area (Å²) < 4.78 is 4.16. The molecule has 2 rings (SSSR count). The minimum atomic E-state index is 1.01. The lowest BCUT2D eigenvalue weighted by atomic mass is 10.3. The third-order valence-corrected chi connectivity index (χ3v) is 2.09. The van der Waals surface area contributed by atoms with Crippen molar-refractivity contribution in [2.45, 2.75) is 0 Å². The number of hydrogen-bond donors (Lipinski definition) is 1. The van der Waals surface area contributed by atoms with Gasteiger partial charge < -0.3 is 4.98 Å². The van der Waals surface area contributed by atoms with E-state index in [9.17, 15) is 0 Å². The van der Waals surface area contributed by atoms with Gasteiger partial charge in [0.1, 0.15) is 0 Å². The second kappa shape index (κ2) is 3.36. The maximum absolute atomic E-state index is 4.16. The van der Waals surface area contributed by atoms with Crippen LogP contribution < -0.4 is 0 Å². The molecule has 0 bridgehead atoms. The van der Waals surface area contributed by atoms with E-state index in [1.165, 1.54) is 11.5 Å². The number of rotatable bonds is 2. The summed E-state index contributed by atoms with van der Waals surface area (Å²) in [5.41, 5.74) is 2.11. The third-order valence-electron chi connectivity index (χ3n) is 1.51. The normalized spacial score (nSPS) is 11.0. The molecule has 0 aromatic carbocycles. The Labute approximate surface area is 74.7 Å². The van der Waals surface area contributed by atoms with E-state index in [2.05, 4.69) is 9.36 Å². The Morgan fingerprint density at radius 1 is 1.33 bits per heavy atom. The molecule has 0 aliphatic heterocycles. The van der Waals surface area contributed by atoms with Crippen molar-refractivity contribution in [3.63, 3.8) is 0 Å². The first kappa shape index (κ1) is 7.31. The van der Waals surface area contributed by atoms with E-state index in [4.69, 9.17) is 0 Å².